The van der Waals surface area contributed by atoms with Crippen molar-refractivity contribution in [1.82, 2.24) is 4.72 Å². The molecule has 1 amide bonds. The minimum atomic E-state index is -3.56. The van der Waals surface area contributed by atoms with Crippen molar-refractivity contribution >= 4 is 21.6 Å². The van der Waals surface area contributed by atoms with Gasteiger partial charge >= 0.3 is 0 Å². The SMILES string of the molecule is CCC(=O)N1CCc2cc(S(=O)(=O)NCCCc3ccc(OC)cc3)ccc21. The average Bonchev–Trinajstić information content (AvgIpc) is 3.14. The van der Waals surface area contributed by atoms with Gasteiger partial charge in [0.1, 0.15) is 5.75 Å². The predicted octanol–water partition coefficient (Wildman–Crippen LogP) is 2.91. The third kappa shape index (κ3) is 4.54. The molecular weight excluding hydrogens is 376 g/mol. The predicted molar refractivity (Wildman–Crippen MR) is 109 cm³/mol. The number of fused-ring (bicyclic) bond motifs is 1. The van der Waals surface area contributed by atoms with Crippen molar-refractivity contribution < 1.29 is 17.9 Å². The van der Waals surface area contributed by atoms with Crippen molar-refractivity contribution in [2.75, 3.05) is 25.1 Å². The summed E-state index contributed by atoms with van der Waals surface area (Å²) in [6.07, 6.45) is 2.61. The van der Waals surface area contributed by atoms with E-state index < -0.39 is 10.0 Å². The van der Waals surface area contributed by atoms with Crippen LogP contribution in [0, 0.1) is 0 Å². The number of ether oxygens (including phenoxy) is 1. The Hall–Kier alpha value is -2.38. The molecule has 2 aromatic rings. The smallest absolute Gasteiger partial charge is 0.240 e. The average molecular weight is 403 g/mol. The normalized spacial score (nSPS) is 13.4. The summed E-state index contributed by atoms with van der Waals surface area (Å²) in [7, 11) is -1.94. The number of hydrogen-bond donors (Lipinski definition) is 1. The molecular formula is C21H26N2O4S. The summed E-state index contributed by atoms with van der Waals surface area (Å²) < 4.78 is 33.0. The number of anilines is 1. The fourth-order valence-corrected chi connectivity index (χ4v) is 4.49. The summed E-state index contributed by atoms with van der Waals surface area (Å²) >= 11 is 0. The highest BCUT2D eigenvalue weighted by Crippen LogP contribution is 2.30. The second-order valence-corrected chi connectivity index (χ2v) is 8.56. The molecule has 2 aromatic carbocycles. The van der Waals surface area contributed by atoms with Crippen molar-refractivity contribution in [2.24, 2.45) is 0 Å². The first-order valence-corrected chi connectivity index (χ1v) is 11.0. The van der Waals surface area contributed by atoms with Crippen LogP contribution in [0.1, 0.15) is 30.9 Å². The Morgan fingerprint density at radius 1 is 1.18 bits per heavy atom. The molecule has 0 unspecified atom stereocenters. The third-order valence-electron chi connectivity index (χ3n) is 4.95. The Bertz CT molecular complexity index is 939. The molecule has 0 bridgehead atoms. The second-order valence-electron chi connectivity index (χ2n) is 6.79. The van der Waals surface area contributed by atoms with E-state index in [1.54, 1.807) is 30.2 Å². The molecule has 1 aliphatic rings. The maximum atomic E-state index is 12.6. The molecule has 28 heavy (non-hydrogen) atoms. The second kappa shape index (κ2) is 8.75. The van der Waals surface area contributed by atoms with Crippen LogP contribution in [0.3, 0.4) is 0 Å². The van der Waals surface area contributed by atoms with Gasteiger partial charge in [0.05, 0.1) is 12.0 Å². The van der Waals surface area contributed by atoms with E-state index in [1.807, 2.05) is 31.2 Å². The number of hydrogen-bond acceptors (Lipinski definition) is 4. The van der Waals surface area contributed by atoms with E-state index in [2.05, 4.69) is 4.72 Å². The van der Waals surface area contributed by atoms with Crippen molar-refractivity contribution in [3.8, 4) is 5.75 Å². The highest BCUT2D eigenvalue weighted by atomic mass is 32.2. The molecule has 0 fully saturated rings. The van der Waals surface area contributed by atoms with Crippen molar-refractivity contribution in [3.05, 3.63) is 53.6 Å². The lowest BCUT2D eigenvalue weighted by atomic mass is 10.1. The minimum Gasteiger partial charge on any atom is -0.497 e. The van der Waals surface area contributed by atoms with Crippen LogP contribution in [-0.4, -0.2) is 34.5 Å². The van der Waals surface area contributed by atoms with E-state index in [4.69, 9.17) is 4.74 Å². The van der Waals surface area contributed by atoms with Crippen LogP contribution in [0.25, 0.3) is 0 Å². The fourth-order valence-electron chi connectivity index (χ4n) is 3.37. The topological polar surface area (TPSA) is 75.7 Å². The van der Waals surface area contributed by atoms with Gasteiger partial charge in [-0.25, -0.2) is 13.1 Å². The monoisotopic (exact) mass is 402 g/mol. The van der Waals surface area contributed by atoms with E-state index in [-0.39, 0.29) is 10.8 Å². The lowest BCUT2D eigenvalue weighted by Gasteiger charge is -2.16. The van der Waals surface area contributed by atoms with Gasteiger partial charge < -0.3 is 9.64 Å². The number of nitrogens with zero attached hydrogens (tertiary/aromatic N) is 1. The van der Waals surface area contributed by atoms with E-state index in [1.165, 1.54) is 0 Å². The molecule has 3 rings (SSSR count). The maximum Gasteiger partial charge on any atom is 0.240 e. The summed E-state index contributed by atoms with van der Waals surface area (Å²) in [4.78, 5) is 14.0. The Kier molecular flexibility index (Phi) is 6.36. The number of sulfonamides is 1. The summed E-state index contributed by atoms with van der Waals surface area (Å²) in [5.41, 5.74) is 2.87. The lowest BCUT2D eigenvalue weighted by molar-refractivity contribution is -0.118. The summed E-state index contributed by atoms with van der Waals surface area (Å²) in [5.74, 6) is 0.867. The number of carbonyl (C=O) groups excluding carboxylic acids is 1. The molecule has 0 spiro atoms. The summed E-state index contributed by atoms with van der Waals surface area (Å²) in [6, 6.07) is 12.8. The number of carbonyl (C=O) groups is 1. The van der Waals surface area contributed by atoms with Crippen LogP contribution < -0.4 is 14.4 Å². The Morgan fingerprint density at radius 2 is 1.93 bits per heavy atom. The van der Waals surface area contributed by atoms with Gasteiger partial charge in [-0.3, -0.25) is 4.79 Å². The van der Waals surface area contributed by atoms with Crippen LogP contribution in [-0.2, 0) is 27.7 Å². The molecule has 0 aliphatic carbocycles. The number of nitrogens with one attached hydrogen (secondary N) is 1. The third-order valence-corrected chi connectivity index (χ3v) is 6.41. The quantitative estimate of drug-likeness (QED) is 0.689. The first-order chi connectivity index (χ1) is 13.4. The molecule has 1 aliphatic heterocycles. The number of aryl methyl sites for hydroxylation is 1. The molecule has 1 N–H and O–H groups in total. The zero-order chi connectivity index (χ0) is 20.1. The van der Waals surface area contributed by atoms with Crippen LogP contribution >= 0.6 is 0 Å². The molecule has 0 atom stereocenters. The van der Waals surface area contributed by atoms with Gasteiger partial charge in [-0.2, -0.15) is 0 Å². The molecule has 1 heterocycles. The standard InChI is InChI=1S/C21H26N2O4S/c1-3-21(24)23-14-12-17-15-19(10-11-20(17)23)28(25,26)22-13-4-5-16-6-8-18(27-2)9-7-16/h6-11,15,22H,3-5,12-14H2,1-2H3. The summed E-state index contributed by atoms with van der Waals surface area (Å²) in [6.45, 7) is 2.81. The van der Waals surface area contributed by atoms with Gasteiger partial charge in [0.15, 0.2) is 0 Å². The molecule has 0 radical (unpaired) electrons. The first-order valence-electron chi connectivity index (χ1n) is 9.50. The largest absolute Gasteiger partial charge is 0.497 e. The minimum absolute atomic E-state index is 0.0611. The van der Waals surface area contributed by atoms with Gasteiger partial charge in [0.25, 0.3) is 0 Å². The highest BCUT2D eigenvalue weighted by Gasteiger charge is 2.25. The highest BCUT2D eigenvalue weighted by molar-refractivity contribution is 7.89. The van der Waals surface area contributed by atoms with E-state index in [0.29, 0.717) is 32.4 Å². The molecule has 0 aromatic heterocycles. The summed E-state index contributed by atoms with van der Waals surface area (Å²) in [5, 5.41) is 0. The van der Waals surface area contributed by atoms with Crippen molar-refractivity contribution in [1.29, 1.82) is 0 Å². The zero-order valence-electron chi connectivity index (χ0n) is 16.3. The van der Waals surface area contributed by atoms with Gasteiger partial charge in [-0.05, 0) is 60.7 Å². The molecule has 150 valence electrons. The van der Waals surface area contributed by atoms with Gasteiger partial charge in [0, 0.05) is 25.2 Å². The van der Waals surface area contributed by atoms with E-state index in [0.717, 1.165) is 29.0 Å². The maximum absolute atomic E-state index is 12.6. The molecule has 0 saturated carbocycles. The van der Waals surface area contributed by atoms with Crippen LogP contribution in [0.4, 0.5) is 5.69 Å². The van der Waals surface area contributed by atoms with Gasteiger partial charge in [-0.15, -0.1) is 0 Å². The molecule has 7 heteroatoms. The van der Waals surface area contributed by atoms with Gasteiger partial charge in [-0.1, -0.05) is 19.1 Å². The Morgan fingerprint density at radius 3 is 2.61 bits per heavy atom. The van der Waals surface area contributed by atoms with Crippen LogP contribution in [0.2, 0.25) is 0 Å². The van der Waals surface area contributed by atoms with Crippen molar-refractivity contribution in [3.63, 3.8) is 0 Å². The Labute approximate surface area is 166 Å². The first kappa shape index (κ1) is 20.4. The zero-order valence-corrected chi connectivity index (χ0v) is 17.1. The molecule has 6 nitrogen and oxygen atoms in total. The molecule has 0 saturated heterocycles. The lowest BCUT2D eigenvalue weighted by Crippen LogP contribution is -2.28. The van der Waals surface area contributed by atoms with Crippen molar-refractivity contribution in [2.45, 2.75) is 37.5 Å². The van der Waals surface area contributed by atoms with Crippen LogP contribution in [0.5, 0.6) is 5.75 Å². The number of benzene rings is 2. The number of rotatable bonds is 8. The van der Waals surface area contributed by atoms with E-state index in [9.17, 15) is 13.2 Å². The fraction of sp³-hybridized carbons (Fsp3) is 0.381. The van der Waals surface area contributed by atoms with Crippen LogP contribution in [0.15, 0.2) is 47.4 Å². The Balaban J connectivity index is 1.58. The van der Waals surface area contributed by atoms with Gasteiger partial charge in [0.2, 0.25) is 15.9 Å². The van der Waals surface area contributed by atoms with E-state index >= 15 is 0 Å². The number of methoxy groups -OCH3 is 1. The number of amides is 1.